The molecule has 1 aromatic carbocycles. The lowest BCUT2D eigenvalue weighted by Gasteiger charge is -2.36. The van der Waals surface area contributed by atoms with Crippen LogP contribution in [0, 0.1) is 12.7 Å². The highest BCUT2D eigenvalue weighted by Crippen LogP contribution is 2.40. The van der Waals surface area contributed by atoms with Crippen LogP contribution in [0.15, 0.2) is 28.6 Å². The number of hydrogen-bond acceptors (Lipinski definition) is 5. The van der Waals surface area contributed by atoms with Gasteiger partial charge >= 0.3 is 0 Å². The van der Waals surface area contributed by atoms with Crippen LogP contribution in [0.3, 0.4) is 0 Å². The van der Waals surface area contributed by atoms with Gasteiger partial charge in [0.2, 0.25) is 0 Å². The number of nitrogens with zero attached hydrogens (tertiary/aromatic N) is 2. The van der Waals surface area contributed by atoms with Crippen LogP contribution in [0.5, 0.6) is 0 Å². The Morgan fingerprint density at radius 3 is 2.70 bits per heavy atom. The smallest absolute Gasteiger partial charge is 0.195 e. The minimum absolute atomic E-state index is 0.0625. The number of Topliss-reactive ketones (excluding diaryl/α,β-unsaturated/α-hetero) is 1. The first kappa shape index (κ1) is 19.5. The van der Waals surface area contributed by atoms with Crippen LogP contribution < -0.4 is 5.73 Å². The molecular formula is C19H20F3N3OS. The van der Waals surface area contributed by atoms with Crippen molar-refractivity contribution < 1.29 is 18.0 Å². The number of hydrogen-bond donors (Lipinski definition) is 1. The molecule has 1 aliphatic rings. The normalized spacial score (nSPS) is 25.3. The summed E-state index contributed by atoms with van der Waals surface area (Å²) in [5.74, 6) is -1.15. The molecule has 0 fully saturated rings. The van der Waals surface area contributed by atoms with E-state index in [9.17, 15) is 18.0 Å². The van der Waals surface area contributed by atoms with Crippen molar-refractivity contribution in [1.29, 1.82) is 0 Å². The van der Waals surface area contributed by atoms with Gasteiger partial charge in [-0.1, -0.05) is 6.07 Å². The predicted octanol–water partition coefficient (Wildman–Crippen LogP) is 4.06. The average Bonchev–Trinajstić information content (AvgIpc) is 3.07. The van der Waals surface area contributed by atoms with E-state index >= 15 is 0 Å². The van der Waals surface area contributed by atoms with Crippen molar-refractivity contribution in [1.82, 2.24) is 4.98 Å². The van der Waals surface area contributed by atoms with Crippen molar-refractivity contribution in [2.24, 2.45) is 10.7 Å². The molecule has 1 aromatic heterocycles. The van der Waals surface area contributed by atoms with E-state index in [1.54, 1.807) is 25.3 Å². The van der Waals surface area contributed by atoms with E-state index in [0.29, 0.717) is 10.6 Å². The van der Waals surface area contributed by atoms with Gasteiger partial charge in [0, 0.05) is 23.1 Å². The van der Waals surface area contributed by atoms with Gasteiger partial charge in [-0.15, -0.1) is 11.3 Å². The SMILES string of the molecule is Cc1csc(C(=O)Cc2ccc(F)c([C@]3(C)CC[C@@](F)(CF)C(N)=N3)c2)n1. The molecule has 0 saturated heterocycles. The van der Waals surface area contributed by atoms with Crippen molar-refractivity contribution in [3.05, 3.63) is 51.2 Å². The summed E-state index contributed by atoms with van der Waals surface area (Å²) < 4.78 is 41.8. The summed E-state index contributed by atoms with van der Waals surface area (Å²) in [5, 5.41) is 2.19. The van der Waals surface area contributed by atoms with Gasteiger partial charge in [0.1, 0.15) is 18.3 Å². The third-order valence-electron chi connectivity index (χ3n) is 4.88. The Hall–Kier alpha value is -2.22. The lowest BCUT2D eigenvalue weighted by atomic mass is 9.80. The van der Waals surface area contributed by atoms with Crippen LogP contribution in [0.4, 0.5) is 13.2 Å². The molecule has 0 bridgehead atoms. The molecule has 1 aliphatic heterocycles. The van der Waals surface area contributed by atoms with Crippen LogP contribution in [0.2, 0.25) is 0 Å². The predicted molar refractivity (Wildman–Crippen MR) is 99.3 cm³/mol. The highest BCUT2D eigenvalue weighted by Gasteiger charge is 2.44. The number of aryl methyl sites for hydroxylation is 1. The molecule has 0 unspecified atom stereocenters. The summed E-state index contributed by atoms with van der Waals surface area (Å²) in [6.45, 7) is 2.17. The summed E-state index contributed by atoms with van der Waals surface area (Å²) in [6.07, 6.45) is -0.0164. The number of ketones is 1. The highest BCUT2D eigenvalue weighted by atomic mass is 32.1. The average molecular weight is 395 g/mol. The number of rotatable bonds is 5. The minimum atomic E-state index is -2.30. The fourth-order valence-electron chi connectivity index (χ4n) is 3.16. The van der Waals surface area contributed by atoms with Crippen LogP contribution >= 0.6 is 11.3 Å². The number of amidine groups is 1. The third kappa shape index (κ3) is 3.76. The zero-order valence-corrected chi connectivity index (χ0v) is 15.9. The second kappa shape index (κ2) is 7.07. The third-order valence-corrected chi connectivity index (χ3v) is 5.88. The molecule has 2 aromatic rings. The van der Waals surface area contributed by atoms with Gasteiger partial charge in [0.15, 0.2) is 16.5 Å². The molecule has 0 radical (unpaired) electrons. The van der Waals surface area contributed by atoms with Gasteiger partial charge in [0.05, 0.1) is 5.54 Å². The molecule has 0 saturated carbocycles. The Bertz CT molecular complexity index is 913. The molecule has 2 heterocycles. The molecule has 144 valence electrons. The first-order valence-electron chi connectivity index (χ1n) is 8.52. The minimum Gasteiger partial charge on any atom is -0.385 e. The van der Waals surface area contributed by atoms with Crippen LogP contribution in [0.25, 0.3) is 0 Å². The standard InChI is InChI=1S/C19H20F3N3OS/c1-11-9-27-16(24-11)15(26)8-12-3-4-14(21)13(7-12)18(2)5-6-19(22,10-20)17(23)25-18/h3-4,7,9H,5-6,8,10H2,1-2H3,(H2,23,25)/t18-,19+/m0/s1. The summed E-state index contributed by atoms with van der Waals surface area (Å²) in [4.78, 5) is 20.6. The van der Waals surface area contributed by atoms with Gasteiger partial charge in [-0.05, 0) is 44.4 Å². The van der Waals surface area contributed by atoms with Crippen molar-refractivity contribution in [3.8, 4) is 0 Å². The Kier molecular flexibility index (Phi) is 5.12. The molecule has 2 atom stereocenters. The maximum atomic E-state index is 14.5. The Morgan fingerprint density at radius 2 is 2.11 bits per heavy atom. The zero-order valence-electron chi connectivity index (χ0n) is 15.1. The summed E-state index contributed by atoms with van der Waals surface area (Å²) >= 11 is 1.26. The molecule has 0 spiro atoms. The van der Waals surface area contributed by atoms with E-state index < -0.39 is 29.5 Å². The van der Waals surface area contributed by atoms with Gasteiger partial charge in [-0.25, -0.2) is 18.2 Å². The summed E-state index contributed by atoms with van der Waals surface area (Å²) in [7, 11) is 0. The van der Waals surface area contributed by atoms with Crippen molar-refractivity contribution in [2.45, 2.75) is 44.3 Å². The van der Waals surface area contributed by atoms with E-state index in [1.807, 2.05) is 0 Å². The molecule has 27 heavy (non-hydrogen) atoms. The van der Waals surface area contributed by atoms with Gasteiger partial charge < -0.3 is 5.73 Å². The van der Waals surface area contributed by atoms with Gasteiger partial charge in [-0.2, -0.15) is 0 Å². The van der Waals surface area contributed by atoms with E-state index in [-0.39, 0.29) is 30.6 Å². The van der Waals surface area contributed by atoms with Crippen molar-refractivity contribution in [3.63, 3.8) is 0 Å². The molecule has 0 amide bonds. The number of aliphatic imine (C=N–C) groups is 1. The fourth-order valence-corrected chi connectivity index (χ4v) is 3.90. The number of carbonyl (C=O) groups excluding carboxylic acids is 1. The maximum absolute atomic E-state index is 14.5. The number of nitrogens with two attached hydrogens (primary N) is 1. The first-order valence-corrected chi connectivity index (χ1v) is 9.40. The zero-order chi connectivity index (χ0) is 19.8. The topological polar surface area (TPSA) is 68.3 Å². The number of halogens is 3. The summed E-state index contributed by atoms with van der Waals surface area (Å²) in [5.41, 5.74) is 3.80. The van der Waals surface area contributed by atoms with Crippen molar-refractivity contribution >= 4 is 23.0 Å². The number of carbonyl (C=O) groups is 1. The Morgan fingerprint density at radius 1 is 1.37 bits per heavy atom. The van der Waals surface area contributed by atoms with Crippen LogP contribution in [-0.4, -0.2) is 28.9 Å². The van der Waals surface area contributed by atoms with Crippen LogP contribution in [0.1, 0.15) is 46.4 Å². The number of aromatic nitrogens is 1. The first-order chi connectivity index (χ1) is 12.7. The second-order valence-corrected chi connectivity index (χ2v) is 7.94. The summed E-state index contributed by atoms with van der Waals surface area (Å²) in [6, 6.07) is 4.33. The van der Waals surface area contributed by atoms with E-state index in [1.165, 1.54) is 23.5 Å². The molecule has 8 heteroatoms. The Labute approximate surface area is 159 Å². The van der Waals surface area contributed by atoms with E-state index in [4.69, 9.17) is 5.73 Å². The lowest BCUT2D eigenvalue weighted by Crippen LogP contribution is -2.48. The molecular weight excluding hydrogens is 375 g/mol. The molecule has 3 rings (SSSR count). The highest BCUT2D eigenvalue weighted by molar-refractivity contribution is 7.11. The van der Waals surface area contributed by atoms with E-state index in [2.05, 4.69) is 9.98 Å². The lowest BCUT2D eigenvalue weighted by molar-refractivity contribution is 0.0992. The Balaban J connectivity index is 1.91. The van der Waals surface area contributed by atoms with Gasteiger partial charge in [0.25, 0.3) is 0 Å². The van der Waals surface area contributed by atoms with Crippen LogP contribution in [-0.2, 0) is 12.0 Å². The largest absolute Gasteiger partial charge is 0.385 e. The van der Waals surface area contributed by atoms with Crippen molar-refractivity contribution in [2.75, 3.05) is 6.67 Å². The molecule has 2 N–H and O–H groups in total. The van der Waals surface area contributed by atoms with E-state index in [0.717, 1.165) is 5.69 Å². The number of alkyl halides is 2. The fraction of sp³-hybridized carbons (Fsp3) is 0.421. The number of thiazole rings is 1. The monoisotopic (exact) mass is 395 g/mol. The van der Waals surface area contributed by atoms with Gasteiger partial charge in [-0.3, -0.25) is 9.79 Å². The quantitative estimate of drug-likeness (QED) is 0.777. The number of benzene rings is 1. The molecule has 0 aliphatic carbocycles. The maximum Gasteiger partial charge on any atom is 0.195 e. The molecule has 4 nitrogen and oxygen atoms in total. The second-order valence-electron chi connectivity index (χ2n) is 7.08.